The quantitative estimate of drug-likeness (QED) is 0.106. The largest absolute Gasteiger partial charge is 0.306 e. The van der Waals surface area contributed by atoms with Gasteiger partial charge in [-0.05, 0) is 142 Å². The minimum atomic E-state index is 0.0914. The summed E-state index contributed by atoms with van der Waals surface area (Å²) in [5.74, 6) is 10.9. The SMILES string of the molecule is C#CC1(NC(C)C)CC1.C#CCNC(C)C.C/C=C/C(C)C.C/C=C\C(C)C.C=C(C)C(C)C.C=CC(C)C.CC(C)/C=C/CN(C)C.CC/C=C/C(C)C.CC/C=C/C(C)C.CCC/C=C/C(C)C. The van der Waals surface area contributed by atoms with E-state index in [1.807, 2.05) is 26.8 Å². The third-order valence-corrected chi connectivity index (χ3v) is 8.30. The van der Waals surface area contributed by atoms with E-state index in [0.29, 0.717) is 36.4 Å². The minimum Gasteiger partial charge on any atom is -0.306 e. The van der Waals surface area contributed by atoms with E-state index < -0.39 is 0 Å². The van der Waals surface area contributed by atoms with E-state index in [1.54, 1.807) is 0 Å². The van der Waals surface area contributed by atoms with Crippen LogP contribution in [0.5, 0.6) is 0 Å². The summed E-state index contributed by atoms with van der Waals surface area (Å²) in [4.78, 5) is 2.15. The zero-order valence-corrected chi connectivity index (χ0v) is 53.0. The van der Waals surface area contributed by atoms with Crippen molar-refractivity contribution in [3.05, 3.63) is 97.7 Å². The lowest BCUT2D eigenvalue weighted by Gasteiger charge is -2.13. The van der Waals surface area contributed by atoms with E-state index in [9.17, 15) is 0 Å². The van der Waals surface area contributed by atoms with Crippen LogP contribution in [0.25, 0.3) is 0 Å². The second-order valence-electron chi connectivity index (χ2n) is 21.3. The summed E-state index contributed by atoms with van der Waals surface area (Å²) in [5.41, 5.74) is 1.35. The van der Waals surface area contributed by atoms with Crippen molar-refractivity contribution in [1.82, 2.24) is 15.5 Å². The van der Waals surface area contributed by atoms with E-state index in [-0.39, 0.29) is 5.54 Å². The van der Waals surface area contributed by atoms with Gasteiger partial charge in [-0.2, -0.15) is 0 Å². The molecule has 0 amide bonds. The second-order valence-corrected chi connectivity index (χ2v) is 21.3. The lowest BCUT2D eigenvalue weighted by Crippen LogP contribution is -2.35. The molecule has 0 saturated heterocycles. The van der Waals surface area contributed by atoms with Crippen molar-refractivity contribution in [2.45, 2.75) is 236 Å². The van der Waals surface area contributed by atoms with Gasteiger partial charge in [0.25, 0.3) is 0 Å². The van der Waals surface area contributed by atoms with Gasteiger partial charge >= 0.3 is 0 Å². The fraction of sp³-hybridized carbons (Fsp3) is 0.701. The minimum absolute atomic E-state index is 0.0914. The number of hydrogen-bond donors (Lipinski definition) is 2. The van der Waals surface area contributed by atoms with Gasteiger partial charge in [-0.1, -0.05) is 241 Å². The van der Waals surface area contributed by atoms with Crippen molar-refractivity contribution in [2.75, 3.05) is 27.2 Å². The standard InChI is InChI=1S/C8H13N.C8H17N.C8H16.2C7H14.C6H11N.3C6H12.C5H10/c1-4-8(5-6-8)9-7(2)3;1-8(2)6-5-7-9(3)4;1-4-5-6-7-8(2)3;2*1-4-5-6-7(2)3;1-4-5-7-6(2)3;1-5(2)6(3)4;2*1-4-5-6(2)3;1-4-5(2)3/h1,7,9H,5-6H2,2-3H3;5-6,8H,7H2,1-4H3;6-8H,4-5H2,1-3H3;2*5-7H,4H2,1-3H3;1,6-7H,5H2,2-3H3;6H,1H2,2-4H3;2*4-6H,1-3H3;4-5H,1H2,2-3H3/b;6-5+;7-6+;2*6-5+;;;5-4+;5-4-;. The highest BCUT2D eigenvalue weighted by Gasteiger charge is 2.40. The lowest BCUT2D eigenvalue weighted by atomic mass is 10.1. The summed E-state index contributed by atoms with van der Waals surface area (Å²) in [6, 6.07) is 1.03. The van der Waals surface area contributed by atoms with Gasteiger partial charge in [0.1, 0.15) is 0 Å². The lowest BCUT2D eigenvalue weighted by molar-refractivity contribution is 0.455. The maximum Gasteiger partial charge on any atom is 0.0802 e. The Labute approximate surface area is 446 Å². The fourth-order valence-electron chi connectivity index (χ4n) is 3.94. The molecule has 0 aliphatic heterocycles. The van der Waals surface area contributed by atoms with Gasteiger partial charge in [-0.25, -0.2) is 0 Å². The molecule has 0 aromatic heterocycles. The van der Waals surface area contributed by atoms with E-state index >= 15 is 0 Å². The first-order valence-electron chi connectivity index (χ1n) is 27.6. The first kappa shape index (κ1) is 86.7. The highest BCUT2D eigenvalue weighted by molar-refractivity contribution is 5.23. The molecule has 0 spiro atoms. The van der Waals surface area contributed by atoms with Crippen LogP contribution in [0.4, 0.5) is 0 Å². The van der Waals surface area contributed by atoms with Crippen LogP contribution in [0.2, 0.25) is 0 Å². The summed E-state index contributed by atoms with van der Waals surface area (Å²) in [5, 5.41) is 6.40. The molecule has 0 atom stereocenters. The van der Waals surface area contributed by atoms with Crippen LogP contribution in [0.1, 0.15) is 219 Å². The number of unbranched alkanes of at least 4 members (excludes halogenated alkanes) is 1. The molecule has 70 heavy (non-hydrogen) atoms. The van der Waals surface area contributed by atoms with E-state index in [0.717, 1.165) is 61.8 Å². The summed E-state index contributed by atoms with van der Waals surface area (Å²) in [6.45, 7) is 64.7. The van der Waals surface area contributed by atoms with Crippen molar-refractivity contribution >= 4 is 0 Å². The molecule has 1 fully saturated rings. The first-order chi connectivity index (χ1) is 32.3. The second kappa shape index (κ2) is 68.0. The molecule has 2 N–H and O–H groups in total. The zero-order valence-electron chi connectivity index (χ0n) is 53.0. The number of allylic oxidation sites excluding steroid dienone is 13. The molecule has 3 nitrogen and oxygen atoms in total. The van der Waals surface area contributed by atoms with E-state index in [2.05, 4.69) is 287 Å². The Balaban J connectivity index is -0.0000000848. The van der Waals surface area contributed by atoms with Crippen molar-refractivity contribution in [1.29, 1.82) is 0 Å². The van der Waals surface area contributed by atoms with Crippen LogP contribution < -0.4 is 10.6 Å². The summed E-state index contributed by atoms with van der Waals surface area (Å²) in [6.07, 6.45) is 45.6. The monoisotopic (exact) mass is 978 g/mol. The Bertz CT molecular complexity index is 1240. The predicted molar refractivity (Wildman–Crippen MR) is 335 cm³/mol. The molecule has 1 rings (SSSR count). The van der Waals surface area contributed by atoms with Gasteiger partial charge < -0.3 is 10.2 Å². The van der Waals surface area contributed by atoms with Gasteiger partial charge in [0.2, 0.25) is 0 Å². The van der Waals surface area contributed by atoms with Crippen LogP contribution in [0.15, 0.2) is 97.7 Å². The molecule has 0 aromatic rings. The highest BCUT2D eigenvalue weighted by Crippen LogP contribution is 2.34. The third-order valence-electron chi connectivity index (χ3n) is 8.30. The van der Waals surface area contributed by atoms with Crippen molar-refractivity contribution in [3.63, 3.8) is 0 Å². The number of terminal acetylenes is 2. The number of hydrogen-bond acceptors (Lipinski definition) is 3. The smallest absolute Gasteiger partial charge is 0.0802 e. The maximum absolute atomic E-state index is 5.30. The van der Waals surface area contributed by atoms with Gasteiger partial charge in [-0.3, -0.25) is 5.32 Å². The Hall–Kier alpha value is -3.08. The fourth-order valence-corrected chi connectivity index (χ4v) is 3.94. The van der Waals surface area contributed by atoms with Gasteiger partial charge in [0.05, 0.1) is 12.1 Å². The van der Waals surface area contributed by atoms with Gasteiger partial charge in [0, 0.05) is 18.6 Å². The molecule has 414 valence electrons. The molecule has 0 heterocycles. The van der Waals surface area contributed by atoms with Gasteiger partial charge in [-0.15, -0.1) is 19.4 Å². The average Bonchev–Trinajstić information content (AvgIpc) is 4.02. The number of nitrogens with one attached hydrogen (secondary N) is 2. The van der Waals surface area contributed by atoms with Crippen molar-refractivity contribution < 1.29 is 0 Å². The molecule has 3 heteroatoms. The number of nitrogens with zero attached hydrogens (tertiary/aromatic N) is 1. The molecule has 1 aliphatic rings. The summed E-state index contributed by atoms with van der Waals surface area (Å²) >= 11 is 0. The Morgan fingerprint density at radius 1 is 0.571 bits per heavy atom. The van der Waals surface area contributed by atoms with Crippen LogP contribution >= 0.6 is 0 Å². The Morgan fingerprint density at radius 2 is 0.900 bits per heavy atom. The number of rotatable bonds is 18. The van der Waals surface area contributed by atoms with Crippen LogP contribution in [0.3, 0.4) is 0 Å². The zero-order chi connectivity index (χ0) is 57.1. The third kappa shape index (κ3) is 131. The van der Waals surface area contributed by atoms with E-state index in [1.165, 1.54) is 18.4 Å². The molecule has 0 radical (unpaired) electrons. The van der Waals surface area contributed by atoms with Gasteiger partial charge in [0.15, 0.2) is 0 Å². The molecule has 0 aromatic carbocycles. The van der Waals surface area contributed by atoms with Crippen LogP contribution in [-0.4, -0.2) is 49.7 Å². The Morgan fingerprint density at radius 3 is 1.03 bits per heavy atom. The van der Waals surface area contributed by atoms with Crippen molar-refractivity contribution in [3.8, 4) is 24.7 Å². The molecule has 1 saturated carbocycles. The highest BCUT2D eigenvalue weighted by atomic mass is 15.0. The molecule has 1 aliphatic carbocycles. The number of likely N-dealkylation sites (N-methyl/N-ethyl adjacent to an activating group) is 1. The molecular formula is C67H131N3. The molecular weight excluding hydrogens is 847 g/mol. The van der Waals surface area contributed by atoms with Crippen LogP contribution in [-0.2, 0) is 0 Å². The van der Waals surface area contributed by atoms with Crippen LogP contribution in [0, 0.1) is 72.0 Å². The molecule has 0 unspecified atom stereocenters. The normalized spacial score (nSPS) is 12.2. The average molecular weight is 979 g/mol. The Kier molecular flexibility index (Phi) is 84.2. The predicted octanol–water partition coefficient (Wildman–Crippen LogP) is 20.2. The first-order valence-corrected chi connectivity index (χ1v) is 27.6. The maximum atomic E-state index is 5.30. The molecule has 0 bridgehead atoms. The topological polar surface area (TPSA) is 27.3 Å². The van der Waals surface area contributed by atoms with Crippen molar-refractivity contribution in [2.24, 2.45) is 47.3 Å². The van der Waals surface area contributed by atoms with E-state index in [4.69, 9.17) is 12.8 Å². The summed E-state index contributed by atoms with van der Waals surface area (Å²) in [7, 11) is 4.15. The summed E-state index contributed by atoms with van der Waals surface area (Å²) < 4.78 is 0.